The minimum atomic E-state index is -1.22. The molecular formula is C27H27N2O7+. The largest absolute Gasteiger partial charge is 0.493 e. The van der Waals surface area contributed by atoms with Gasteiger partial charge in [-0.25, -0.2) is 9.59 Å². The Balaban J connectivity index is 1.73. The van der Waals surface area contributed by atoms with Crippen molar-refractivity contribution < 1.29 is 38.7 Å². The van der Waals surface area contributed by atoms with Crippen LogP contribution >= 0.6 is 0 Å². The molecule has 9 heteroatoms. The molecule has 1 aromatic heterocycles. The Labute approximate surface area is 208 Å². The van der Waals surface area contributed by atoms with Gasteiger partial charge < -0.3 is 24.6 Å². The lowest BCUT2D eigenvalue weighted by atomic mass is 9.96. The van der Waals surface area contributed by atoms with E-state index in [2.05, 4.69) is 10.3 Å². The lowest BCUT2D eigenvalue weighted by Gasteiger charge is -2.15. The Morgan fingerprint density at radius 2 is 1.75 bits per heavy atom. The number of amides is 1. The van der Waals surface area contributed by atoms with Gasteiger partial charge in [-0.15, -0.1) is 0 Å². The van der Waals surface area contributed by atoms with E-state index in [9.17, 15) is 19.5 Å². The van der Waals surface area contributed by atoms with E-state index < -0.39 is 11.9 Å². The average Bonchev–Trinajstić information content (AvgIpc) is 3.74. The van der Waals surface area contributed by atoms with Crippen LogP contribution in [0.5, 0.6) is 11.5 Å². The highest BCUT2D eigenvalue weighted by Gasteiger charge is 2.30. The number of methoxy groups -OCH3 is 2. The number of aromatic amines is 1. The van der Waals surface area contributed by atoms with Crippen LogP contribution in [0.2, 0.25) is 0 Å². The molecule has 1 saturated carbocycles. The number of ether oxygens (including phenoxy) is 3. The second kappa shape index (κ2) is 10.9. The molecule has 3 N–H and O–H groups in total. The highest BCUT2D eigenvalue weighted by atomic mass is 16.5. The zero-order chi connectivity index (χ0) is 25.7. The summed E-state index contributed by atoms with van der Waals surface area (Å²) in [7, 11) is 2.65. The van der Waals surface area contributed by atoms with Crippen LogP contribution in [0.25, 0.3) is 11.1 Å². The van der Waals surface area contributed by atoms with Crippen LogP contribution in [0.3, 0.4) is 0 Å². The van der Waals surface area contributed by atoms with Crippen LogP contribution in [0.1, 0.15) is 49.7 Å². The molecule has 36 heavy (non-hydrogen) atoms. The molecule has 0 unspecified atom stereocenters. The number of pyridine rings is 1. The van der Waals surface area contributed by atoms with E-state index in [1.54, 1.807) is 0 Å². The summed E-state index contributed by atoms with van der Waals surface area (Å²) in [5.41, 5.74) is 1.34. The number of carboxylic acid groups (broad SMARTS) is 1. The molecule has 1 fully saturated rings. The molecule has 0 spiro atoms. The number of hydrogen-bond acceptors (Lipinski definition) is 6. The van der Waals surface area contributed by atoms with Crippen LogP contribution in [0, 0.1) is 5.92 Å². The molecule has 1 aliphatic rings. The van der Waals surface area contributed by atoms with Crippen LogP contribution in [-0.4, -0.2) is 43.7 Å². The smallest absolute Gasteiger partial charge is 0.404 e. The fourth-order valence-corrected chi connectivity index (χ4v) is 3.74. The van der Waals surface area contributed by atoms with E-state index >= 15 is 0 Å². The molecule has 1 aliphatic carbocycles. The number of nitrogens with one attached hydrogen (secondary N) is 2. The van der Waals surface area contributed by atoms with Gasteiger partial charge in [-0.3, -0.25) is 4.79 Å². The van der Waals surface area contributed by atoms with Gasteiger partial charge in [0.1, 0.15) is 6.61 Å². The topological polar surface area (TPSA) is 125 Å². The lowest BCUT2D eigenvalue weighted by molar-refractivity contribution is -0.386. The van der Waals surface area contributed by atoms with Crippen molar-refractivity contribution in [2.45, 2.75) is 19.4 Å². The van der Waals surface area contributed by atoms with Gasteiger partial charge in [-0.2, -0.15) is 4.98 Å². The Morgan fingerprint density at radius 1 is 1.00 bits per heavy atom. The predicted molar refractivity (Wildman–Crippen MR) is 129 cm³/mol. The molecule has 2 aromatic carbocycles. The van der Waals surface area contributed by atoms with Gasteiger partial charge in [-0.1, -0.05) is 30.3 Å². The number of aromatic carboxylic acids is 1. The van der Waals surface area contributed by atoms with Crippen LogP contribution < -0.4 is 19.8 Å². The minimum Gasteiger partial charge on any atom is -0.493 e. The minimum absolute atomic E-state index is 0.0564. The van der Waals surface area contributed by atoms with Gasteiger partial charge >= 0.3 is 17.8 Å². The quantitative estimate of drug-likeness (QED) is 0.417. The summed E-state index contributed by atoms with van der Waals surface area (Å²) >= 11 is 0. The molecule has 3 aromatic rings. The van der Waals surface area contributed by atoms with Crippen molar-refractivity contribution in [3.05, 3.63) is 77.1 Å². The van der Waals surface area contributed by atoms with Crippen molar-refractivity contribution >= 4 is 17.8 Å². The number of carbonyl (C=O) groups excluding carboxylic acids is 2. The second-order valence-electron chi connectivity index (χ2n) is 8.43. The van der Waals surface area contributed by atoms with Crippen molar-refractivity contribution in [2.24, 2.45) is 5.92 Å². The maximum Gasteiger partial charge on any atom is 0.404 e. The van der Waals surface area contributed by atoms with Crippen molar-refractivity contribution in [1.82, 2.24) is 5.32 Å². The number of esters is 1. The molecule has 1 amide bonds. The van der Waals surface area contributed by atoms with Crippen LogP contribution in [0.15, 0.2) is 54.6 Å². The van der Waals surface area contributed by atoms with Gasteiger partial charge in [-0.05, 0) is 42.5 Å². The van der Waals surface area contributed by atoms with Crippen molar-refractivity contribution in [3.8, 4) is 22.6 Å². The number of carbonyl (C=O) groups is 3. The first-order chi connectivity index (χ1) is 17.4. The molecule has 0 bridgehead atoms. The highest BCUT2D eigenvalue weighted by molar-refractivity contribution is 6.02. The summed E-state index contributed by atoms with van der Waals surface area (Å²) in [4.78, 5) is 40.2. The van der Waals surface area contributed by atoms with Gasteiger partial charge in [0.2, 0.25) is 0 Å². The molecule has 1 heterocycles. The molecule has 9 nitrogen and oxygen atoms in total. The van der Waals surface area contributed by atoms with Gasteiger partial charge in [0.25, 0.3) is 11.4 Å². The SMILES string of the molecule is COC(=O)c1[nH+]c(C(=O)NCC2CC2)ccc1-c1cc(OC)c(OCc2ccccc2)cc1C(=O)O. The third kappa shape index (κ3) is 5.63. The lowest BCUT2D eigenvalue weighted by Crippen LogP contribution is -2.34. The highest BCUT2D eigenvalue weighted by Crippen LogP contribution is 2.37. The van der Waals surface area contributed by atoms with E-state index in [1.807, 2.05) is 30.3 Å². The molecular weight excluding hydrogens is 464 g/mol. The summed E-state index contributed by atoms with van der Waals surface area (Å²) in [6.45, 7) is 0.772. The van der Waals surface area contributed by atoms with Gasteiger partial charge in [0.15, 0.2) is 11.5 Å². The molecule has 4 rings (SSSR count). The molecule has 0 aliphatic heterocycles. The monoisotopic (exact) mass is 491 g/mol. The average molecular weight is 492 g/mol. The first kappa shape index (κ1) is 24.7. The Morgan fingerprint density at radius 3 is 2.39 bits per heavy atom. The zero-order valence-electron chi connectivity index (χ0n) is 20.0. The number of benzene rings is 2. The number of hydrogen-bond donors (Lipinski definition) is 2. The second-order valence-corrected chi connectivity index (χ2v) is 8.43. The summed E-state index contributed by atoms with van der Waals surface area (Å²) in [6, 6.07) is 15.3. The third-order valence-corrected chi connectivity index (χ3v) is 5.89. The molecule has 186 valence electrons. The summed E-state index contributed by atoms with van der Waals surface area (Å²) < 4.78 is 16.2. The first-order valence-electron chi connectivity index (χ1n) is 11.5. The summed E-state index contributed by atoms with van der Waals surface area (Å²) in [5.74, 6) is -1.32. The number of carboxylic acids is 1. The van der Waals surface area contributed by atoms with Gasteiger partial charge in [0, 0.05) is 18.2 Å². The van der Waals surface area contributed by atoms with Crippen LogP contribution in [-0.2, 0) is 11.3 Å². The fraction of sp³-hybridized carbons (Fsp3) is 0.259. The first-order valence-corrected chi connectivity index (χ1v) is 11.5. The van der Waals surface area contributed by atoms with Crippen molar-refractivity contribution in [1.29, 1.82) is 0 Å². The van der Waals surface area contributed by atoms with Gasteiger partial charge in [0.05, 0.1) is 25.3 Å². The third-order valence-electron chi connectivity index (χ3n) is 5.89. The molecule has 0 radical (unpaired) electrons. The van der Waals surface area contributed by atoms with Crippen molar-refractivity contribution in [2.75, 3.05) is 20.8 Å². The summed E-state index contributed by atoms with van der Waals surface area (Å²) in [6.07, 6.45) is 2.17. The summed E-state index contributed by atoms with van der Waals surface area (Å²) in [5, 5.41) is 12.8. The number of aromatic nitrogens is 1. The van der Waals surface area contributed by atoms with Crippen LogP contribution in [0.4, 0.5) is 0 Å². The maximum atomic E-state index is 12.6. The Hall–Kier alpha value is -4.40. The predicted octanol–water partition coefficient (Wildman–Crippen LogP) is 3.38. The number of rotatable bonds is 10. The fourth-order valence-electron chi connectivity index (χ4n) is 3.74. The standard InChI is InChI=1S/C27H26N2O7/c1-34-22-12-19(20(26(31)32)13-23(22)36-15-17-6-4-3-5-7-17)18-10-11-21(29-24(18)27(33)35-2)25(30)28-14-16-8-9-16/h3-7,10-13,16H,8-9,14-15H2,1-2H3,(H,28,30)(H,31,32)/p+1. The van der Waals surface area contributed by atoms with E-state index in [0.717, 1.165) is 18.4 Å². The molecule has 0 saturated heterocycles. The van der Waals surface area contributed by atoms with E-state index in [1.165, 1.54) is 38.5 Å². The van der Waals surface area contributed by atoms with E-state index in [4.69, 9.17) is 14.2 Å². The van der Waals surface area contributed by atoms with E-state index in [-0.39, 0.29) is 52.1 Å². The normalized spacial score (nSPS) is 12.5. The molecule has 0 atom stereocenters. The maximum absolute atomic E-state index is 12.6. The van der Waals surface area contributed by atoms with Crippen molar-refractivity contribution in [3.63, 3.8) is 0 Å². The number of H-pyrrole nitrogens is 1. The Bertz CT molecular complexity index is 1290. The Kier molecular flexibility index (Phi) is 7.48. The zero-order valence-corrected chi connectivity index (χ0v) is 20.0. The van der Waals surface area contributed by atoms with E-state index in [0.29, 0.717) is 12.5 Å².